The third-order valence-corrected chi connectivity index (χ3v) is 2.43. The summed E-state index contributed by atoms with van der Waals surface area (Å²) >= 11 is 0. The van der Waals surface area contributed by atoms with E-state index >= 15 is 0 Å². The normalized spacial score (nSPS) is 15.3. The van der Waals surface area contributed by atoms with Gasteiger partial charge >= 0.3 is 0 Å². The Labute approximate surface area is 79.6 Å². The molecule has 0 unspecified atom stereocenters. The molecule has 72 valence electrons. The number of hydrogen-bond acceptors (Lipinski definition) is 2. The lowest BCUT2D eigenvalue weighted by Crippen LogP contribution is -2.13. The Hall–Kier alpha value is -0.890. The molecule has 0 fully saturated rings. The number of aliphatic hydroxyl groups is 1. The van der Waals surface area contributed by atoms with Crippen molar-refractivity contribution in [3.8, 4) is 0 Å². The molecule has 1 rings (SSSR count). The molecule has 0 aromatic carbocycles. The van der Waals surface area contributed by atoms with E-state index in [4.69, 9.17) is 0 Å². The summed E-state index contributed by atoms with van der Waals surface area (Å²) in [6, 6.07) is 4.02. The first-order valence-electron chi connectivity index (χ1n) is 4.77. The van der Waals surface area contributed by atoms with Crippen LogP contribution in [0, 0.1) is 5.92 Å². The van der Waals surface area contributed by atoms with Gasteiger partial charge in [0.25, 0.3) is 0 Å². The topological polar surface area (TPSA) is 33.1 Å². The predicted molar refractivity (Wildman–Crippen MR) is 53.4 cm³/mol. The van der Waals surface area contributed by atoms with Gasteiger partial charge in [0.05, 0.1) is 6.10 Å². The van der Waals surface area contributed by atoms with E-state index in [1.54, 1.807) is 6.20 Å². The van der Waals surface area contributed by atoms with Gasteiger partial charge < -0.3 is 5.11 Å². The molecule has 2 atom stereocenters. The molecule has 13 heavy (non-hydrogen) atoms. The molecular formula is C11H17NO. The van der Waals surface area contributed by atoms with E-state index in [9.17, 15) is 5.11 Å². The lowest BCUT2D eigenvalue weighted by Gasteiger charge is -2.13. The molecule has 0 aliphatic carbocycles. The van der Waals surface area contributed by atoms with E-state index in [1.165, 1.54) is 5.56 Å². The van der Waals surface area contributed by atoms with E-state index in [1.807, 2.05) is 19.2 Å². The average molecular weight is 179 g/mol. The third kappa shape index (κ3) is 3.55. The highest BCUT2D eigenvalue weighted by Crippen LogP contribution is 2.11. The summed E-state index contributed by atoms with van der Waals surface area (Å²) in [5, 5.41) is 9.28. The molecule has 0 amide bonds. The van der Waals surface area contributed by atoms with Crippen molar-refractivity contribution in [2.75, 3.05) is 0 Å². The second-order valence-electron chi connectivity index (χ2n) is 3.62. The molecule has 1 aromatic heterocycles. The minimum absolute atomic E-state index is 0.211. The number of aryl methyl sites for hydroxylation is 1. The fourth-order valence-corrected chi connectivity index (χ4v) is 1.18. The van der Waals surface area contributed by atoms with Gasteiger partial charge in [0, 0.05) is 12.4 Å². The van der Waals surface area contributed by atoms with Crippen molar-refractivity contribution < 1.29 is 5.11 Å². The Morgan fingerprint density at radius 1 is 1.46 bits per heavy atom. The van der Waals surface area contributed by atoms with E-state index in [0.29, 0.717) is 5.92 Å². The Morgan fingerprint density at radius 2 is 2.23 bits per heavy atom. The highest BCUT2D eigenvalue weighted by atomic mass is 16.3. The lowest BCUT2D eigenvalue weighted by atomic mass is 9.98. The fraction of sp³-hybridized carbons (Fsp3) is 0.545. The Morgan fingerprint density at radius 3 is 2.77 bits per heavy atom. The zero-order valence-corrected chi connectivity index (χ0v) is 8.27. The standard InChI is InChI=1S/C11H17NO/c1-9(10(2)13)5-6-11-4-3-7-12-8-11/h3-4,7-10,13H,5-6H2,1-2H3/t9-,10-/m1/s1. The first kappa shape index (κ1) is 10.2. The van der Waals surface area contributed by atoms with E-state index < -0.39 is 0 Å². The summed E-state index contributed by atoms with van der Waals surface area (Å²) in [6.07, 6.45) is 5.47. The van der Waals surface area contributed by atoms with E-state index in [2.05, 4.69) is 18.0 Å². The third-order valence-electron chi connectivity index (χ3n) is 2.43. The first-order valence-corrected chi connectivity index (χ1v) is 4.77. The van der Waals surface area contributed by atoms with Crippen molar-refractivity contribution in [2.24, 2.45) is 5.92 Å². The van der Waals surface area contributed by atoms with Crippen molar-refractivity contribution in [1.29, 1.82) is 0 Å². The molecule has 1 heterocycles. The van der Waals surface area contributed by atoms with Gasteiger partial charge in [0.2, 0.25) is 0 Å². The molecule has 0 saturated heterocycles. The number of aliphatic hydroxyl groups excluding tert-OH is 1. The van der Waals surface area contributed by atoms with Crippen LogP contribution in [0.4, 0.5) is 0 Å². The minimum Gasteiger partial charge on any atom is -0.393 e. The Kier molecular flexibility index (Phi) is 3.90. The van der Waals surface area contributed by atoms with Crippen molar-refractivity contribution in [3.63, 3.8) is 0 Å². The smallest absolute Gasteiger partial charge is 0.0537 e. The van der Waals surface area contributed by atoms with Crippen LogP contribution in [0.25, 0.3) is 0 Å². The predicted octanol–water partition coefficient (Wildman–Crippen LogP) is 2.03. The zero-order chi connectivity index (χ0) is 9.68. The van der Waals surface area contributed by atoms with Crippen LogP contribution >= 0.6 is 0 Å². The largest absolute Gasteiger partial charge is 0.393 e. The van der Waals surface area contributed by atoms with Gasteiger partial charge in [0.15, 0.2) is 0 Å². The lowest BCUT2D eigenvalue weighted by molar-refractivity contribution is 0.130. The number of aromatic nitrogens is 1. The maximum Gasteiger partial charge on any atom is 0.0537 e. The van der Waals surface area contributed by atoms with Gasteiger partial charge in [-0.05, 0) is 37.3 Å². The van der Waals surface area contributed by atoms with Crippen molar-refractivity contribution in [2.45, 2.75) is 32.8 Å². The molecule has 0 aliphatic heterocycles. The number of pyridine rings is 1. The summed E-state index contributed by atoms with van der Waals surface area (Å²) in [6.45, 7) is 3.91. The Balaban J connectivity index is 2.35. The van der Waals surface area contributed by atoms with Gasteiger partial charge in [-0.15, -0.1) is 0 Å². The van der Waals surface area contributed by atoms with E-state index in [-0.39, 0.29) is 6.10 Å². The molecule has 1 N–H and O–H groups in total. The van der Waals surface area contributed by atoms with Crippen LogP contribution in [0.1, 0.15) is 25.8 Å². The quantitative estimate of drug-likeness (QED) is 0.767. The summed E-state index contributed by atoms with van der Waals surface area (Å²) in [5.74, 6) is 0.361. The van der Waals surface area contributed by atoms with Gasteiger partial charge in [-0.1, -0.05) is 13.0 Å². The van der Waals surface area contributed by atoms with Gasteiger partial charge in [0.1, 0.15) is 0 Å². The monoisotopic (exact) mass is 179 g/mol. The molecule has 0 spiro atoms. The summed E-state index contributed by atoms with van der Waals surface area (Å²) in [5.41, 5.74) is 1.25. The average Bonchev–Trinajstić information content (AvgIpc) is 2.15. The van der Waals surface area contributed by atoms with Crippen molar-refractivity contribution >= 4 is 0 Å². The second kappa shape index (κ2) is 4.97. The van der Waals surface area contributed by atoms with Gasteiger partial charge in [-0.2, -0.15) is 0 Å². The van der Waals surface area contributed by atoms with E-state index in [0.717, 1.165) is 12.8 Å². The molecule has 0 bridgehead atoms. The molecule has 2 heteroatoms. The number of nitrogens with zero attached hydrogens (tertiary/aromatic N) is 1. The zero-order valence-electron chi connectivity index (χ0n) is 8.27. The van der Waals surface area contributed by atoms with Crippen LogP contribution in [0.3, 0.4) is 0 Å². The van der Waals surface area contributed by atoms with Crippen LogP contribution in [0.5, 0.6) is 0 Å². The molecule has 1 aromatic rings. The first-order chi connectivity index (χ1) is 6.20. The maximum atomic E-state index is 9.28. The molecule has 0 saturated carbocycles. The number of rotatable bonds is 4. The molecule has 0 radical (unpaired) electrons. The van der Waals surface area contributed by atoms with Crippen molar-refractivity contribution in [1.82, 2.24) is 4.98 Å². The molecule has 2 nitrogen and oxygen atoms in total. The van der Waals surface area contributed by atoms with Crippen LogP contribution < -0.4 is 0 Å². The van der Waals surface area contributed by atoms with Crippen LogP contribution in [0.2, 0.25) is 0 Å². The molecule has 0 aliphatic rings. The van der Waals surface area contributed by atoms with Crippen LogP contribution in [0.15, 0.2) is 24.5 Å². The highest BCUT2D eigenvalue weighted by Gasteiger charge is 2.08. The summed E-state index contributed by atoms with van der Waals surface area (Å²) in [7, 11) is 0. The SMILES string of the molecule is C[C@H](CCc1cccnc1)[C@@H](C)O. The van der Waals surface area contributed by atoms with Crippen molar-refractivity contribution in [3.05, 3.63) is 30.1 Å². The minimum atomic E-state index is -0.211. The molecular weight excluding hydrogens is 162 g/mol. The summed E-state index contributed by atoms with van der Waals surface area (Å²) < 4.78 is 0. The van der Waals surface area contributed by atoms with Gasteiger partial charge in [-0.25, -0.2) is 0 Å². The number of hydrogen-bond donors (Lipinski definition) is 1. The highest BCUT2D eigenvalue weighted by molar-refractivity contribution is 5.08. The second-order valence-corrected chi connectivity index (χ2v) is 3.62. The van der Waals surface area contributed by atoms with Crippen LogP contribution in [-0.4, -0.2) is 16.2 Å². The summed E-state index contributed by atoms with van der Waals surface area (Å²) in [4.78, 5) is 4.04. The Bertz CT molecular complexity index is 233. The fourth-order valence-electron chi connectivity index (χ4n) is 1.18. The maximum absolute atomic E-state index is 9.28. The van der Waals surface area contributed by atoms with Gasteiger partial charge in [-0.3, -0.25) is 4.98 Å². The van der Waals surface area contributed by atoms with Crippen LogP contribution in [-0.2, 0) is 6.42 Å².